The van der Waals surface area contributed by atoms with Gasteiger partial charge in [-0.2, -0.15) is 0 Å². The van der Waals surface area contributed by atoms with E-state index in [1.54, 1.807) is 0 Å². The minimum atomic E-state index is 0.126. The molecule has 21 heavy (non-hydrogen) atoms. The standard InChI is InChI=1S/C17H32N4/c1-5-10-21-11-9-19-16(21)12-15(18)17(20(3)4)8-6-7-14(2)13-17/h9,11,14-15H,5-8,10,12-13,18H2,1-4H3. The minimum Gasteiger partial charge on any atom is -0.335 e. The van der Waals surface area contributed by atoms with E-state index < -0.39 is 0 Å². The van der Waals surface area contributed by atoms with Crippen LogP contribution in [0.5, 0.6) is 0 Å². The Bertz CT molecular complexity index is 440. The van der Waals surface area contributed by atoms with E-state index in [1.165, 1.54) is 25.7 Å². The quantitative estimate of drug-likeness (QED) is 0.877. The number of nitrogens with two attached hydrogens (primary N) is 1. The summed E-state index contributed by atoms with van der Waals surface area (Å²) in [6, 6.07) is 0.147. The zero-order valence-electron chi connectivity index (χ0n) is 14.2. The van der Waals surface area contributed by atoms with E-state index in [0.29, 0.717) is 0 Å². The van der Waals surface area contributed by atoms with Crippen molar-refractivity contribution in [1.82, 2.24) is 14.5 Å². The highest BCUT2D eigenvalue weighted by Gasteiger charge is 2.42. The lowest BCUT2D eigenvalue weighted by Gasteiger charge is -2.49. The van der Waals surface area contributed by atoms with E-state index in [4.69, 9.17) is 5.73 Å². The first-order valence-corrected chi connectivity index (χ1v) is 8.42. The van der Waals surface area contributed by atoms with Gasteiger partial charge in [-0.05, 0) is 39.3 Å². The predicted octanol–water partition coefficient (Wildman–Crippen LogP) is 2.67. The van der Waals surface area contributed by atoms with Gasteiger partial charge in [-0.25, -0.2) is 4.98 Å². The van der Waals surface area contributed by atoms with E-state index in [9.17, 15) is 0 Å². The molecule has 1 aromatic rings. The molecule has 0 bridgehead atoms. The van der Waals surface area contributed by atoms with Crippen LogP contribution in [0.2, 0.25) is 0 Å². The topological polar surface area (TPSA) is 47.1 Å². The second-order valence-electron chi connectivity index (χ2n) is 7.05. The van der Waals surface area contributed by atoms with E-state index in [0.717, 1.165) is 31.1 Å². The fourth-order valence-corrected chi connectivity index (χ4v) is 4.00. The number of likely N-dealkylation sites (N-methyl/N-ethyl adjacent to an activating group) is 1. The van der Waals surface area contributed by atoms with Crippen molar-refractivity contribution in [1.29, 1.82) is 0 Å². The molecule has 3 unspecified atom stereocenters. The van der Waals surface area contributed by atoms with E-state index in [1.807, 2.05) is 6.20 Å². The van der Waals surface area contributed by atoms with Crippen molar-refractivity contribution in [2.24, 2.45) is 11.7 Å². The molecule has 0 aromatic carbocycles. The highest BCUT2D eigenvalue weighted by Crippen LogP contribution is 2.38. The van der Waals surface area contributed by atoms with Crippen LogP contribution in [-0.4, -0.2) is 40.1 Å². The first-order valence-electron chi connectivity index (χ1n) is 8.42. The molecule has 120 valence electrons. The van der Waals surface area contributed by atoms with Gasteiger partial charge in [0.1, 0.15) is 5.82 Å². The maximum atomic E-state index is 6.71. The van der Waals surface area contributed by atoms with Crippen LogP contribution in [0.25, 0.3) is 0 Å². The lowest BCUT2D eigenvalue weighted by Crippen LogP contribution is -2.60. The number of hydrogen-bond donors (Lipinski definition) is 1. The lowest BCUT2D eigenvalue weighted by molar-refractivity contribution is 0.0495. The third-order valence-corrected chi connectivity index (χ3v) is 5.26. The molecule has 2 N–H and O–H groups in total. The molecule has 1 heterocycles. The molecule has 0 amide bonds. The van der Waals surface area contributed by atoms with Crippen LogP contribution in [0.4, 0.5) is 0 Å². The van der Waals surface area contributed by atoms with Crippen molar-refractivity contribution in [3.05, 3.63) is 18.2 Å². The first kappa shape index (κ1) is 16.5. The maximum Gasteiger partial charge on any atom is 0.110 e. The number of hydrogen-bond acceptors (Lipinski definition) is 3. The Balaban J connectivity index is 2.15. The molecule has 4 heteroatoms. The van der Waals surface area contributed by atoms with E-state index in [2.05, 4.69) is 48.6 Å². The van der Waals surface area contributed by atoms with Crippen LogP contribution >= 0.6 is 0 Å². The van der Waals surface area contributed by atoms with Gasteiger partial charge in [0, 0.05) is 36.9 Å². The van der Waals surface area contributed by atoms with Crippen LogP contribution in [0.1, 0.15) is 51.8 Å². The smallest absolute Gasteiger partial charge is 0.110 e. The molecule has 1 aromatic heterocycles. The normalized spacial score (nSPS) is 28.0. The molecule has 4 nitrogen and oxygen atoms in total. The van der Waals surface area contributed by atoms with E-state index in [-0.39, 0.29) is 11.6 Å². The van der Waals surface area contributed by atoms with Crippen molar-refractivity contribution in [2.45, 2.75) is 70.5 Å². The molecular formula is C17H32N4. The summed E-state index contributed by atoms with van der Waals surface area (Å²) in [7, 11) is 4.38. The Labute approximate surface area is 129 Å². The molecule has 2 rings (SSSR count). The van der Waals surface area contributed by atoms with Gasteiger partial charge in [-0.3, -0.25) is 0 Å². The van der Waals surface area contributed by atoms with Crippen LogP contribution in [0.3, 0.4) is 0 Å². The first-order chi connectivity index (χ1) is 9.99. The van der Waals surface area contributed by atoms with Crippen LogP contribution < -0.4 is 5.73 Å². The summed E-state index contributed by atoms with van der Waals surface area (Å²) in [6.45, 7) is 5.60. The van der Waals surface area contributed by atoms with Gasteiger partial charge in [-0.15, -0.1) is 0 Å². The van der Waals surface area contributed by atoms with Crippen LogP contribution in [0, 0.1) is 5.92 Å². The second-order valence-corrected chi connectivity index (χ2v) is 7.05. The fourth-order valence-electron chi connectivity index (χ4n) is 4.00. The van der Waals surface area contributed by atoms with Crippen molar-refractivity contribution < 1.29 is 0 Å². The van der Waals surface area contributed by atoms with Crippen molar-refractivity contribution in [2.75, 3.05) is 14.1 Å². The summed E-state index contributed by atoms with van der Waals surface area (Å²) >= 11 is 0. The largest absolute Gasteiger partial charge is 0.335 e. The molecule has 1 fully saturated rings. The highest BCUT2D eigenvalue weighted by atomic mass is 15.2. The average molecular weight is 292 g/mol. The average Bonchev–Trinajstić information content (AvgIpc) is 2.86. The van der Waals surface area contributed by atoms with Crippen LogP contribution in [-0.2, 0) is 13.0 Å². The number of aromatic nitrogens is 2. The summed E-state index contributed by atoms with van der Waals surface area (Å²) in [5.41, 5.74) is 6.83. The Hall–Kier alpha value is -0.870. The molecule has 3 atom stereocenters. The predicted molar refractivity (Wildman–Crippen MR) is 88.2 cm³/mol. The zero-order chi connectivity index (χ0) is 15.5. The van der Waals surface area contributed by atoms with Crippen molar-refractivity contribution in [3.8, 4) is 0 Å². The molecule has 0 aliphatic heterocycles. The fraction of sp³-hybridized carbons (Fsp3) is 0.824. The molecule has 0 saturated heterocycles. The van der Waals surface area contributed by atoms with Gasteiger partial charge >= 0.3 is 0 Å². The second kappa shape index (κ2) is 6.93. The van der Waals surface area contributed by atoms with Gasteiger partial charge in [-0.1, -0.05) is 26.7 Å². The molecule has 1 saturated carbocycles. The number of rotatable bonds is 6. The Kier molecular flexibility index (Phi) is 5.44. The van der Waals surface area contributed by atoms with Gasteiger partial charge in [0.2, 0.25) is 0 Å². The zero-order valence-corrected chi connectivity index (χ0v) is 14.2. The third-order valence-electron chi connectivity index (χ3n) is 5.26. The molecular weight excluding hydrogens is 260 g/mol. The summed E-state index contributed by atoms with van der Waals surface area (Å²) in [4.78, 5) is 6.92. The van der Waals surface area contributed by atoms with Gasteiger partial charge in [0.05, 0.1) is 0 Å². The summed E-state index contributed by atoms with van der Waals surface area (Å²) < 4.78 is 2.26. The number of imidazole rings is 1. The molecule has 1 aliphatic carbocycles. The SMILES string of the molecule is CCCn1ccnc1CC(N)C1(N(C)C)CCCC(C)C1. The number of aryl methyl sites for hydroxylation is 1. The van der Waals surface area contributed by atoms with Gasteiger partial charge in [0.25, 0.3) is 0 Å². The molecule has 0 radical (unpaired) electrons. The van der Waals surface area contributed by atoms with E-state index >= 15 is 0 Å². The Morgan fingerprint density at radius 3 is 2.90 bits per heavy atom. The summed E-state index contributed by atoms with van der Waals surface area (Å²) in [6.07, 6.45) is 11.0. The minimum absolute atomic E-state index is 0.126. The summed E-state index contributed by atoms with van der Waals surface area (Å²) in [5.74, 6) is 1.91. The van der Waals surface area contributed by atoms with Gasteiger partial charge in [0.15, 0.2) is 0 Å². The summed E-state index contributed by atoms with van der Waals surface area (Å²) in [5, 5.41) is 0. The highest BCUT2D eigenvalue weighted by molar-refractivity contribution is 5.06. The van der Waals surface area contributed by atoms with Crippen LogP contribution in [0.15, 0.2) is 12.4 Å². The monoisotopic (exact) mass is 292 g/mol. The van der Waals surface area contributed by atoms with Gasteiger partial charge < -0.3 is 15.2 Å². The maximum absolute atomic E-state index is 6.71. The third kappa shape index (κ3) is 3.49. The molecule has 0 spiro atoms. The Morgan fingerprint density at radius 2 is 2.29 bits per heavy atom. The molecule has 1 aliphatic rings. The van der Waals surface area contributed by atoms with Crippen molar-refractivity contribution >= 4 is 0 Å². The van der Waals surface area contributed by atoms with Crippen molar-refractivity contribution in [3.63, 3.8) is 0 Å². The number of nitrogens with zero attached hydrogens (tertiary/aromatic N) is 3. The lowest BCUT2D eigenvalue weighted by atomic mass is 9.70. The Morgan fingerprint density at radius 1 is 1.52 bits per heavy atom.